The van der Waals surface area contributed by atoms with E-state index in [4.69, 9.17) is 5.73 Å². The molecule has 1 aromatic heterocycles. The smallest absolute Gasteiger partial charge is 0.268 e. The molecule has 120 valence electrons. The molecule has 0 bridgehead atoms. The number of aryl methyl sites for hydroxylation is 1. The summed E-state index contributed by atoms with van der Waals surface area (Å²) < 4.78 is 0. The SMILES string of the molecule is Cc1nc(-c2ccccc2)c(C(=O)Nc2cccc(C(N)=O)c2)s1. The van der Waals surface area contributed by atoms with E-state index in [1.54, 1.807) is 24.3 Å². The summed E-state index contributed by atoms with van der Waals surface area (Å²) >= 11 is 1.33. The second-order valence-electron chi connectivity index (χ2n) is 5.18. The lowest BCUT2D eigenvalue weighted by atomic mass is 10.1. The minimum Gasteiger partial charge on any atom is -0.366 e. The minimum absolute atomic E-state index is 0.263. The molecule has 2 aromatic carbocycles. The molecule has 3 rings (SSSR count). The van der Waals surface area contributed by atoms with Gasteiger partial charge in [-0.2, -0.15) is 0 Å². The highest BCUT2D eigenvalue weighted by Crippen LogP contribution is 2.28. The third-order valence-corrected chi connectivity index (χ3v) is 4.36. The molecule has 3 N–H and O–H groups in total. The van der Waals surface area contributed by atoms with E-state index in [1.165, 1.54) is 11.3 Å². The van der Waals surface area contributed by atoms with Crippen molar-refractivity contribution in [3.05, 3.63) is 70.0 Å². The first kappa shape index (κ1) is 15.9. The number of primary amides is 1. The van der Waals surface area contributed by atoms with Crippen LogP contribution in [0.5, 0.6) is 0 Å². The fourth-order valence-electron chi connectivity index (χ4n) is 2.31. The Labute approximate surface area is 143 Å². The Bertz CT molecular complexity index is 904. The van der Waals surface area contributed by atoms with Crippen molar-refractivity contribution < 1.29 is 9.59 Å². The van der Waals surface area contributed by atoms with Crippen molar-refractivity contribution in [2.75, 3.05) is 5.32 Å². The van der Waals surface area contributed by atoms with Crippen LogP contribution in [-0.4, -0.2) is 16.8 Å². The molecule has 0 unspecified atom stereocenters. The molecule has 0 aliphatic carbocycles. The van der Waals surface area contributed by atoms with E-state index >= 15 is 0 Å². The summed E-state index contributed by atoms with van der Waals surface area (Å²) in [5.41, 5.74) is 7.67. The molecule has 3 aromatic rings. The van der Waals surface area contributed by atoms with Gasteiger partial charge in [-0.1, -0.05) is 36.4 Å². The molecule has 0 spiro atoms. The first-order valence-corrected chi connectivity index (χ1v) is 8.10. The van der Waals surface area contributed by atoms with Crippen LogP contribution < -0.4 is 11.1 Å². The molecule has 2 amide bonds. The van der Waals surface area contributed by atoms with Gasteiger partial charge in [0, 0.05) is 16.8 Å². The lowest BCUT2D eigenvalue weighted by molar-refractivity contribution is 0.0996. The first-order valence-electron chi connectivity index (χ1n) is 7.28. The highest BCUT2D eigenvalue weighted by atomic mass is 32.1. The zero-order chi connectivity index (χ0) is 17.1. The van der Waals surface area contributed by atoms with E-state index in [9.17, 15) is 9.59 Å². The molecular weight excluding hydrogens is 322 g/mol. The number of anilines is 1. The van der Waals surface area contributed by atoms with Gasteiger partial charge >= 0.3 is 0 Å². The maximum atomic E-state index is 12.6. The Morgan fingerprint density at radius 2 is 1.83 bits per heavy atom. The van der Waals surface area contributed by atoms with Crippen LogP contribution in [0, 0.1) is 6.92 Å². The Morgan fingerprint density at radius 3 is 2.54 bits per heavy atom. The largest absolute Gasteiger partial charge is 0.366 e. The van der Waals surface area contributed by atoms with Gasteiger partial charge < -0.3 is 11.1 Å². The molecule has 0 radical (unpaired) electrons. The fourth-order valence-corrected chi connectivity index (χ4v) is 3.15. The lowest BCUT2D eigenvalue weighted by Gasteiger charge is -2.06. The van der Waals surface area contributed by atoms with Crippen molar-refractivity contribution in [3.8, 4) is 11.3 Å². The normalized spacial score (nSPS) is 10.4. The fraction of sp³-hybridized carbons (Fsp3) is 0.0556. The standard InChI is InChI=1S/C18H15N3O2S/c1-11-20-15(12-6-3-2-4-7-12)16(24-11)18(23)21-14-9-5-8-13(10-14)17(19)22/h2-10H,1H3,(H2,19,22)(H,21,23). The zero-order valence-corrected chi connectivity index (χ0v) is 13.8. The van der Waals surface area contributed by atoms with Crippen molar-refractivity contribution in [1.29, 1.82) is 0 Å². The molecule has 24 heavy (non-hydrogen) atoms. The van der Waals surface area contributed by atoms with Crippen molar-refractivity contribution in [3.63, 3.8) is 0 Å². The Kier molecular flexibility index (Phi) is 4.39. The number of thiazole rings is 1. The van der Waals surface area contributed by atoms with Crippen molar-refractivity contribution in [2.45, 2.75) is 6.92 Å². The van der Waals surface area contributed by atoms with Gasteiger partial charge in [0.05, 0.1) is 10.7 Å². The molecule has 1 heterocycles. The summed E-state index contributed by atoms with van der Waals surface area (Å²) in [7, 11) is 0. The second kappa shape index (κ2) is 6.64. The number of hydrogen-bond donors (Lipinski definition) is 2. The first-order chi connectivity index (χ1) is 11.5. The van der Waals surface area contributed by atoms with Crippen LogP contribution in [0.4, 0.5) is 5.69 Å². The molecule has 0 fully saturated rings. The van der Waals surface area contributed by atoms with Crippen molar-refractivity contribution in [1.82, 2.24) is 4.98 Å². The molecule has 0 atom stereocenters. The number of carbonyl (C=O) groups is 2. The summed E-state index contributed by atoms with van der Waals surface area (Å²) in [4.78, 5) is 28.9. The van der Waals surface area contributed by atoms with E-state index in [2.05, 4.69) is 10.3 Å². The summed E-state index contributed by atoms with van der Waals surface area (Å²) in [5, 5.41) is 3.61. The Hall–Kier alpha value is -2.99. The number of amides is 2. The van der Waals surface area contributed by atoms with Crippen molar-refractivity contribution in [2.24, 2.45) is 5.73 Å². The average molecular weight is 337 g/mol. The topological polar surface area (TPSA) is 85.1 Å². The number of hydrogen-bond acceptors (Lipinski definition) is 4. The summed E-state index contributed by atoms with van der Waals surface area (Å²) in [6, 6.07) is 16.1. The molecule has 0 saturated carbocycles. The summed E-state index contributed by atoms with van der Waals surface area (Å²) in [5.74, 6) is -0.800. The van der Waals surface area contributed by atoms with Gasteiger partial charge in [0.1, 0.15) is 4.88 Å². The van der Waals surface area contributed by atoms with Crippen LogP contribution in [0.3, 0.4) is 0 Å². The number of aromatic nitrogens is 1. The quantitative estimate of drug-likeness (QED) is 0.764. The summed E-state index contributed by atoms with van der Waals surface area (Å²) in [6.45, 7) is 1.86. The molecule has 0 aliphatic rings. The number of carbonyl (C=O) groups excluding carboxylic acids is 2. The van der Waals surface area contributed by atoms with Crippen molar-refractivity contribution >= 4 is 28.8 Å². The van der Waals surface area contributed by atoms with Gasteiger partial charge in [-0.25, -0.2) is 4.98 Å². The van der Waals surface area contributed by atoms with E-state index in [1.807, 2.05) is 37.3 Å². The number of nitrogens with one attached hydrogen (secondary N) is 1. The average Bonchev–Trinajstić information content (AvgIpc) is 2.98. The molecular formula is C18H15N3O2S. The third kappa shape index (κ3) is 3.33. The molecule has 6 heteroatoms. The van der Waals surface area contributed by atoms with E-state index < -0.39 is 5.91 Å². The van der Waals surface area contributed by atoms with Crippen LogP contribution in [0.25, 0.3) is 11.3 Å². The van der Waals surface area contributed by atoms with Crippen LogP contribution in [0.2, 0.25) is 0 Å². The number of nitrogens with two attached hydrogens (primary N) is 1. The maximum absolute atomic E-state index is 12.6. The van der Waals surface area contributed by atoms with Crippen LogP contribution >= 0.6 is 11.3 Å². The Morgan fingerprint density at radius 1 is 1.08 bits per heavy atom. The zero-order valence-electron chi connectivity index (χ0n) is 12.9. The van der Waals surface area contributed by atoms with Gasteiger partial charge in [-0.3, -0.25) is 9.59 Å². The second-order valence-corrected chi connectivity index (χ2v) is 6.38. The van der Waals surface area contributed by atoms with Gasteiger partial charge in [-0.05, 0) is 25.1 Å². The maximum Gasteiger partial charge on any atom is 0.268 e. The minimum atomic E-state index is -0.537. The lowest BCUT2D eigenvalue weighted by Crippen LogP contribution is -2.14. The number of rotatable bonds is 4. The van der Waals surface area contributed by atoms with Gasteiger partial charge in [0.15, 0.2) is 0 Å². The predicted molar refractivity (Wildman–Crippen MR) is 95.2 cm³/mol. The molecule has 0 saturated heterocycles. The van der Waals surface area contributed by atoms with E-state index in [0.29, 0.717) is 21.8 Å². The van der Waals surface area contributed by atoms with E-state index in [-0.39, 0.29) is 5.91 Å². The van der Waals surface area contributed by atoms with Gasteiger partial charge in [0.25, 0.3) is 5.91 Å². The monoisotopic (exact) mass is 337 g/mol. The molecule has 0 aliphatic heterocycles. The Balaban J connectivity index is 1.91. The third-order valence-electron chi connectivity index (χ3n) is 3.39. The number of nitrogens with zero attached hydrogens (tertiary/aromatic N) is 1. The van der Waals surface area contributed by atoms with Crippen LogP contribution in [-0.2, 0) is 0 Å². The predicted octanol–water partition coefficient (Wildman–Crippen LogP) is 3.47. The van der Waals surface area contributed by atoms with E-state index in [0.717, 1.165) is 10.6 Å². The molecule has 5 nitrogen and oxygen atoms in total. The van der Waals surface area contributed by atoms with Gasteiger partial charge in [0.2, 0.25) is 5.91 Å². The number of benzene rings is 2. The van der Waals surface area contributed by atoms with Gasteiger partial charge in [-0.15, -0.1) is 11.3 Å². The van der Waals surface area contributed by atoms with Crippen LogP contribution in [0.1, 0.15) is 25.0 Å². The highest BCUT2D eigenvalue weighted by molar-refractivity contribution is 7.14. The van der Waals surface area contributed by atoms with Crippen LogP contribution in [0.15, 0.2) is 54.6 Å². The highest BCUT2D eigenvalue weighted by Gasteiger charge is 2.18. The summed E-state index contributed by atoms with van der Waals surface area (Å²) in [6.07, 6.45) is 0.